The van der Waals surface area contributed by atoms with Gasteiger partial charge in [-0.2, -0.15) is 13.2 Å². The first-order valence-electron chi connectivity index (χ1n) is 11.3. The van der Waals surface area contributed by atoms with E-state index in [-0.39, 0.29) is 48.5 Å². The topological polar surface area (TPSA) is 97.9 Å². The van der Waals surface area contributed by atoms with Crippen molar-refractivity contribution in [3.63, 3.8) is 0 Å². The Kier molecular flexibility index (Phi) is 6.80. The van der Waals surface area contributed by atoms with Gasteiger partial charge in [0.2, 0.25) is 5.43 Å². The summed E-state index contributed by atoms with van der Waals surface area (Å²) in [5.41, 5.74) is -2.41. The van der Waals surface area contributed by atoms with Crippen LogP contribution in [-0.2, 0) is 17.5 Å². The van der Waals surface area contributed by atoms with Crippen molar-refractivity contribution in [1.82, 2.24) is 4.57 Å². The number of nitro groups is 1. The molecule has 4 rings (SSSR count). The molecule has 1 fully saturated rings. The first-order chi connectivity index (χ1) is 17.5. The third-order valence-electron chi connectivity index (χ3n) is 6.36. The summed E-state index contributed by atoms with van der Waals surface area (Å²) < 4.78 is 61.5. The summed E-state index contributed by atoms with van der Waals surface area (Å²) in [5, 5.41) is 11.0. The van der Waals surface area contributed by atoms with E-state index in [0.29, 0.717) is 12.1 Å². The number of pyridine rings is 1. The number of hydrogen-bond donors (Lipinski definition) is 0. The summed E-state index contributed by atoms with van der Waals surface area (Å²) in [6.07, 6.45) is -3.53. The lowest BCUT2D eigenvalue weighted by molar-refractivity contribution is -0.388. The zero-order chi connectivity index (χ0) is 27.1. The van der Waals surface area contributed by atoms with E-state index in [1.807, 2.05) is 0 Å². The standard InChI is InChI=1S/C24H22F4N4O5/c1-3-29-13-16(23(34)37-2)22(33)15-11-18(25)21(12-20(15)29)31-8-6-30(7-9-31)14-4-5-19(32(35)36)17(10-14)24(26,27)28/h4-5,10-13H,3,6-9H2,1-2H3. The normalized spacial score (nSPS) is 14.2. The molecule has 0 bridgehead atoms. The molecule has 2 heterocycles. The molecule has 196 valence electrons. The van der Waals surface area contributed by atoms with Gasteiger partial charge in [-0.1, -0.05) is 0 Å². The number of aromatic nitrogens is 1. The third kappa shape index (κ3) is 4.80. The Morgan fingerprint density at radius 1 is 1.11 bits per heavy atom. The molecule has 0 saturated carbocycles. The van der Waals surface area contributed by atoms with Crippen molar-refractivity contribution in [3.8, 4) is 0 Å². The number of rotatable bonds is 5. The Morgan fingerprint density at radius 2 is 1.76 bits per heavy atom. The molecular weight excluding hydrogens is 500 g/mol. The fourth-order valence-corrected chi connectivity index (χ4v) is 4.47. The Labute approximate surface area is 207 Å². The van der Waals surface area contributed by atoms with Crippen molar-refractivity contribution in [2.75, 3.05) is 43.1 Å². The molecule has 1 aromatic heterocycles. The van der Waals surface area contributed by atoms with Gasteiger partial charge in [-0.05, 0) is 31.2 Å². The van der Waals surface area contributed by atoms with Gasteiger partial charge in [0.1, 0.15) is 16.9 Å². The lowest BCUT2D eigenvalue weighted by atomic mass is 10.1. The number of nitrogens with zero attached hydrogens (tertiary/aromatic N) is 4. The predicted octanol–water partition coefficient (Wildman–Crippen LogP) is 4.20. The van der Waals surface area contributed by atoms with Crippen LogP contribution in [0.2, 0.25) is 0 Å². The molecule has 13 heteroatoms. The van der Waals surface area contributed by atoms with Crippen LogP contribution >= 0.6 is 0 Å². The third-order valence-corrected chi connectivity index (χ3v) is 6.36. The minimum atomic E-state index is -4.89. The van der Waals surface area contributed by atoms with Gasteiger partial charge in [0.25, 0.3) is 5.69 Å². The molecular formula is C24H22F4N4O5. The molecule has 0 radical (unpaired) electrons. The molecule has 1 aliphatic heterocycles. The molecule has 2 aromatic carbocycles. The monoisotopic (exact) mass is 522 g/mol. The van der Waals surface area contributed by atoms with E-state index in [0.717, 1.165) is 25.3 Å². The number of hydrogen-bond acceptors (Lipinski definition) is 7. The van der Waals surface area contributed by atoms with Crippen molar-refractivity contribution in [2.45, 2.75) is 19.6 Å². The van der Waals surface area contributed by atoms with E-state index in [2.05, 4.69) is 4.74 Å². The highest BCUT2D eigenvalue weighted by atomic mass is 19.4. The van der Waals surface area contributed by atoms with Crippen LogP contribution in [0.15, 0.2) is 41.3 Å². The van der Waals surface area contributed by atoms with Gasteiger partial charge in [-0.15, -0.1) is 0 Å². The average molecular weight is 522 g/mol. The maximum atomic E-state index is 15.2. The number of piperazine rings is 1. The number of methoxy groups -OCH3 is 1. The van der Waals surface area contributed by atoms with Crippen molar-refractivity contribution in [3.05, 3.63) is 73.8 Å². The maximum absolute atomic E-state index is 15.2. The van der Waals surface area contributed by atoms with Gasteiger partial charge in [0, 0.05) is 56.1 Å². The number of benzene rings is 2. The minimum Gasteiger partial charge on any atom is -0.465 e. The van der Waals surface area contributed by atoms with Crippen LogP contribution in [0.25, 0.3) is 10.9 Å². The van der Waals surface area contributed by atoms with Gasteiger partial charge in [0.05, 0.1) is 23.2 Å². The number of fused-ring (bicyclic) bond motifs is 1. The largest absolute Gasteiger partial charge is 0.465 e. The summed E-state index contributed by atoms with van der Waals surface area (Å²) in [5.74, 6) is -1.51. The summed E-state index contributed by atoms with van der Waals surface area (Å²) in [6.45, 7) is 3.14. The number of carbonyl (C=O) groups excluding carboxylic acids is 1. The molecule has 1 saturated heterocycles. The minimum absolute atomic E-state index is 0.0233. The molecule has 0 atom stereocenters. The highest BCUT2D eigenvalue weighted by Gasteiger charge is 2.39. The van der Waals surface area contributed by atoms with Crippen LogP contribution < -0.4 is 15.2 Å². The SMILES string of the molecule is CCn1cc(C(=O)OC)c(=O)c2cc(F)c(N3CCN(c4ccc([N+](=O)[O-])c(C(F)(F)F)c4)CC3)cc21. The van der Waals surface area contributed by atoms with E-state index in [1.54, 1.807) is 21.3 Å². The van der Waals surface area contributed by atoms with Crippen LogP contribution in [0.3, 0.4) is 0 Å². The zero-order valence-electron chi connectivity index (χ0n) is 19.8. The summed E-state index contributed by atoms with van der Waals surface area (Å²) >= 11 is 0. The second-order valence-electron chi connectivity index (χ2n) is 8.40. The second-order valence-corrected chi connectivity index (χ2v) is 8.40. The first-order valence-corrected chi connectivity index (χ1v) is 11.3. The number of carbonyl (C=O) groups is 1. The van der Waals surface area contributed by atoms with Crippen molar-refractivity contribution in [2.24, 2.45) is 0 Å². The molecule has 0 N–H and O–H groups in total. The molecule has 1 aliphatic rings. The summed E-state index contributed by atoms with van der Waals surface area (Å²) in [4.78, 5) is 38.1. The lowest BCUT2D eigenvalue weighted by Gasteiger charge is -2.37. The number of alkyl halides is 3. The highest BCUT2D eigenvalue weighted by Crippen LogP contribution is 2.38. The van der Waals surface area contributed by atoms with E-state index in [1.165, 1.54) is 18.3 Å². The zero-order valence-corrected chi connectivity index (χ0v) is 19.8. The molecule has 0 aliphatic carbocycles. The first kappa shape index (κ1) is 25.9. The quantitative estimate of drug-likeness (QED) is 0.214. The van der Waals surface area contributed by atoms with Gasteiger partial charge in [0.15, 0.2) is 0 Å². The number of aryl methyl sites for hydroxylation is 1. The van der Waals surface area contributed by atoms with Crippen LogP contribution in [0.4, 0.5) is 34.6 Å². The molecule has 0 spiro atoms. The van der Waals surface area contributed by atoms with Gasteiger partial charge in [-0.3, -0.25) is 14.9 Å². The van der Waals surface area contributed by atoms with Crippen LogP contribution in [-0.4, -0.2) is 48.7 Å². The molecule has 3 aromatic rings. The number of esters is 1. The van der Waals surface area contributed by atoms with Gasteiger partial charge >= 0.3 is 12.1 Å². The van der Waals surface area contributed by atoms with Gasteiger partial charge < -0.3 is 19.1 Å². The fourth-order valence-electron chi connectivity index (χ4n) is 4.47. The van der Waals surface area contributed by atoms with Crippen LogP contribution in [0, 0.1) is 15.9 Å². The Morgan fingerprint density at radius 3 is 2.32 bits per heavy atom. The van der Waals surface area contributed by atoms with E-state index in [4.69, 9.17) is 0 Å². The van der Waals surface area contributed by atoms with Crippen molar-refractivity contribution in [1.29, 1.82) is 0 Å². The lowest BCUT2D eigenvalue weighted by Crippen LogP contribution is -2.47. The number of halogens is 4. The Hall–Kier alpha value is -4.16. The van der Waals surface area contributed by atoms with Gasteiger partial charge in [-0.25, -0.2) is 9.18 Å². The molecule has 0 amide bonds. The predicted molar refractivity (Wildman–Crippen MR) is 128 cm³/mol. The Balaban J connectivity index is 1.63. The smallest absolute Gasteiger partial charge is 0.423 e. The maximum Gasteiger partial charge on any atom is 0.423 e. The van der Waals surface area contributed by atoms with Crippen LogP contribution in [0.1, 0.15) is 22.8 Å². The van der Waals surface area contributed by atoms with Crippen molar-refractivity contribution < 1.29 is 32.0 Å². The summed E-state index contributed by atoms with van der Waals surface area (Å²) in [6, 6.07) is 5.44. The second kappa shape index (κ2) is 9.71. The Bertz CT molecular complexity index is 1450. The molecule has 37 heavy (non-hydrogen) atoms. The van der Waals surface area contributed by atoms with E-state index < -0.39 is 39.6 Å². The van der Waals surface area contributed by atoms with E-state index in [9.17, 15) is 32.9 Å². The average Bonchev–Trinajstić information content (AvgIpc) is 2.87. The molecule has 0 unspecified atom stereocenters. The van der Waals surface area contributed by atoms with E-state index >= 15 is 4.39 Å². The summed E-state index contributed by atoms with van der Waals surface area (Å²) in [7, 11) is 1.15. The van der Waals surface area contributed by atoms with Crippen LogP contribution in [0.5, 0.6) is 0 Å². The number of anilines is 2. The number of nitro benzene ring substituents is 1. The molecule has 9 nitrogen and oxygen atoms in total. The fraction of sp³-hybridized carbons (Fsp3) is 0.333. The number of ether oxygens (including phenoxy) is 1. The van der Waals surface area contributed by atoms with Crippen molar-refractivity contribution >= 4 is 33.9 Å². The highest BCUT2D eigenvalue weighted by molar-refractivity contribution is 5.94.